The maximum Gasteiger partial charge on any atom is 0.321 e. The van der Waals surface area contributed by atoms with Gasteiger partial charge in [-0.2, -0.15) is 0 Å². The molecule has 1 aromatic heterocycles. The molecule has 2 amide bonds. The number of carbonyl (C=O) groups is 1. The fraction of sp³-hybridized carbons (Fsp3) is 0.667. The minimum Gasteiger partial charge on any atom is -0.337 e. The summed E-state index contributed by atoms with van der Waals surface area (Å²) < 4.78 is 22.5. The molecular weight excluding hydrogens is 276 g/mol. The van der Waals surface area contributed by atoms with Crippen molar-refractivity contribution < 1.29 is 13.2 Å². The van der Waals surface area contributed by atoms with Crippen molar-refractivity contribution in [2.75, 3.05) is 23.4 Å². The van der Waals surface area contributed by atoms with E-state index in [1.807, 2.05) is 0 Å². The number of sulfone groups is 1. The van der Waals surface area contributed by atoms with E-state index in [-0.39, 0.29) is 23.5 Å². The van der Waals surface area contributed by atoms with E-state index in [9.17, 15) is 13.2 Å². The first-order valence-corrected chi connectivity index (χ1v) is 8.14. The second kappa shape index (κ2) is 5.19. The average Bonchev–Trinajstić information content (AvgIpc) is 2.82. The van der Waals surface area contributed by atoms with Crippen LogP contribution >= 0.6 is 11.3 Å². The Hall–Kier alpha value is -1.22. The number of amides is 2. The van der Waals surface area contributed by atoms with E-state index in [1.165, 1.54) is 11.3 Å². The summed E-state index contributed by atoms with van der Waals surface area (Å²) in [5, 5.41) is 13.9. The fourth-order valence-corrected chi connectivity index (χ4v) is 4.21. The first-order chi connectivity index (χ1) is 8.44. The number of anilines is 1. The third-order valence-electron chi connectivity index (χ3n) is 2.62. The summed E-state index contributed by atoms with van der Waals surface area (Å²) in [7, 11) is -2.89. The molecule has 1 fully saturated rings. The molecule has 2 heterocycles. The van der Waals surface area contributed by atoms with Crippen molar-refractivity contribution in [1.29, 1.82) is 0 Å². The smallest absolute Gasteiger partial charge is 0.321 e. The molecule has 0 radical (unpaired) electrons. The molecule has 1 aliphatic heterocycles. The van der Waals surface area contributed by atoms with Crippen LogP contribution in [0.2, 0.25) is 0 Å². The number of hydrogen-bond donors (Lipinski definition) is 2. The van der Waals surface area contributed by atoms with Crippen LogP contribution in [0.5, 0.6) is 0 Å². The van der Waals surface area contributed by atoms with Gasteiger partial charge >= 0.3 is 6.03 Å². The number of nitrogens with one attached hydrogen (secondary N) is 2. The zero-order chi connectivity index (χ0) is 13.2. The predicted molar refractivity (Wildman–Crippen MR) is 68.4 cm³/mol. The standard InChI is InChI=1S/C9H14N4O3S2/c1-6-12-13-9(17-6)11-8(14)10-4-7-2-3-18(15,16)5-7/h7H,2-5H2,1H3,(H2,10,11,13,14)/t7-/m0/s1. The lowest BCUT2D eigenvalue weighted by molar-refractivity contribution is 0.250. The highest BCUT2D eigenvalue weighted by Crippen LogP contribution is 2.17. The zero-order valence-electron chi connectivity index (χ0n) is 9.84. The summed E-state index contributed by atoms with van der Waals surface area (Å²) in [6, 6.07) is -0.379. The van der Waals surface area contributed by atoms with Crippen molar-refractivity contribution in [3.63, 3.8) is 0 Å². The zero-order valence-corrected chi connectivity index (χ0v) is 11.5. The van der Waals surface area contributed by atoms with Gasteiger partial charge in [0.05, 0.1) is 11.5 Å². The number of nitrogens with zero attached hydrogens (tertiary/aromatic N) is 2. The summed E-state index contributed by atoms with van der Waals surface area (Å²) in [4.78, 5) is 11.5. The summed E-state index contributed by atoms with van der Waals surface area (Å²) in [5.41, 5.74) is 0. The largest absolute Gasteiger partial charge is 0.337 e. The second-order valence-corrected chi connectivity index (χ2v) is 7.64. The number of aryl methyl sites for hydroxylation is 1. The van der Waals surface area contributed by atoms with E-state index < -0.39 is 9.84 Å². The van der Waals surface area contributed by atoms with Gasteiger partial charge in [0.2, 0.25) is 5.13 Å². The monoisotopic (exact) mass is 290 g/mol. The molecule has 18 heavy (non-hydrogen) atoms. The van der Waals surface area contributed by atoms with Crippen molar-refractivity contribution in [1.82, 2.24) is 15.5 Å². The van der Waals surface area contributed by atoms with Crippen molar-refractivity contribution in [2.24, 2.45) is 5.92 Å². The molecule has 0 bridgehead atoms. The Balaban J connectivity index is 1.76. The summed E-state index contributed by atoms with van der Waals surface area (Å²) in [6.45, 7) is 2.16. The number of rotatable bonds is 3. The SMILES string of the molecule is Cc1nnc(NC(=O)NC[C@@H]2CCS(=O)(=O)C2)s1. The van der Waals surface area contributed by atoms with E-state index in [4.69, 9.17) is 0 Å². The average molecular weight is 290 g/mol. The van der Waals surface area contributed by atoms with Gasteiger partial charge in [-0.3, -0.25) is 5.32 Å². The predicted octanol–water partition coefficient (Wildman–Crippen LogP) is 0.403. The van der Waals surface area contributed by atoms with Gasteiger partial charge in [0, 0.05) is 6.54 Å². The van der Waals surface area contributed by atoms with Crippen LogP contribution in [0.3, 0.4) is 0 Å². The molecule has 2 N–H and O–H groups in total. The van der Waals surface area contributed by atoms with E-state index in [0.29, 0.717) is 18.1 Å². The molecule has 100 valence electrons. The van der Waals surface area contributed by atoms with Crippen molar-refractivity contribution in [2.45, 2.75) is 13.3 Å². The van der Waals surface area contributed by atoms with E-state index in [0.717, 1.165) is 5.01 Å². The first kappa shape index (κ1) is 13.2. The molecule has 1 aliphatic rings. The highest BCUT2D eigenvalue weighted by Gasteiger charge is 2.27. The van der Waals surface area contributed by atoms with Crippen molar-refractivity contribution >= 4 is 32.3 Å². The van der Waals surface area contributed by atoms with Gasteiger partial charge in [-0.25, -0.2) is 13.2 Å². The van der Waals surface area contributed by atoms with Gasteiger partial charge in [-0.05, 0) is 19.3 Å². The molecule has 0 aromatic carbocycles. The Bertz CT molecular complexity index is 540. The summed E-state index contributed by atoms with van der Waals surface area (Å²) >= 11 is 1.28. The Morgan fingerprint density at radius 1 is 1.50 bits per heavy atom. The Morgan fingerprint density at radius 3 is 2.83 bits per heavy atom. The van der Waals surface area contributed by atoms with Crippen LogP contribution in [0, 0.1) is 12.8 Å². The van der Waals surface area contributed by atoms with Gasteiger partial charge in [-0.15, -0.1) is 10.2 Å². The van der Waals surface area contributed by atoms with Crippen LogP contribution in [0.1, 0.15) is 11.4 Å². The lowest BCUT2D eigenvalue weighted by Gasteiger charge is -2.09. The maximum atomic E-state index is 11.5. The number of aromatic nitrogens is 2. The molecule has 7 nitrogen and oxygen atoms in total. The van der Waals surface area contributed by atoms with Crippen LogP contribution in [-0.4, -0.2) is 42.7 Å². The molecule has 0 saturated carbocycles. The van der Waals surface area contributed by atoms with E-state index >= 15 is 0 Å². The van der Waals surface area contributed by atoms with Crippen molar-refractivity contribution in [3.8, 4) is 0 Å². The van der Waals surface area contributed by atoms with E-state index in [1.54, 1.807) is 6.92 Å². The van der Waals surface area contributed by atoms with Crippen LogP contribution in [0.25, 0.3) is 0 Å². The molecular formula is C9H14N4O3S2. The molecule has 0 spiro atoms. The highest BCUT2D eigenvalue weighted by molar-refractivity contribution is 7.91. The lowest BCUT2D eigenvalue weighted by atomic mass is 10.1. The molecule has 0 unspecified atom stereocenters. The summed E-state index contributed by atoms with van der Waals surface area (Å²) in [6.07, 6.45) is 0.612. The number of urea groups is 1. The van der Waals surface area contributed by atoms with Gasteiger partial charge in [-0.1, -0.05) is 11.3 Å². The normalized spacial score (nSPS) is 21.7. The topological polar surface area (TPSA) is 101 Å². The number of hydrogen-bond acceptors (Lipinski definition) is 6. The first-order valence-electron chi connectivity index (χ1n) is 5.50. The van der Waals surface area contributed by atoms with Gasteiger partial charge in [0.25, 0.3) is 0 Å². The van der Waals surface area contributed by atoms with E-state index in [2.05, 4.69) is 20.8 Å². The quantitative estimate of drug-likeness (QED) is 0.839. The highest BCUT2D eigenvalue weighted by atomic mass is 32.2. The minimum absolute atomic E-state index is 0.0110. The fourth-order valence-electron chi connectivity index (χ4n) is 1.76. The summed E-state index contributed by atoms with van der Waals surface area (Å²) in [5.74, 6) is 0.388. The maximum absolute atomic E-state index is 11.5. The van der Waals surface area contributed by atoms with Crippen LogP contribution in [0.4, 0.5) is 9.93 Å². The Kier molecular flexibility index (Phi) is 3.81. The van der Waals surface area contributed by atoms with Crippen molar-refractivity contribution in [3.05, 3.63) is 5.01 Å². The van der Waals surface area contributed by atoms with Crippen LogP contribution in [-0.2, 0) is 9.84 Å². The third-order valence-corrected chi connectivity index (χ3v) is 5.22. The van der Waals surface area contributed by atoms with Crippen LogP contribution in [0.15, 0.2) is 0 Å². The van der Waals surface area contributed by atoms with Gasteiger partial charge in [0.15, 0.2) is 9.84 Å². The number of carbonyl (C=O) groups excluding carboxylic acids is 1. The van der Waals surface area contributed by atoms with Gasteiger partial charge in [0.1, 0.15) is 5.01 Å². The minimum atomic E-state index is -2.89. The molecule has 0 aliphatic carbocycles. The second-order valence-electron chi connectivity index (χ2n) is 4.23. The molecule has 9 heteroatoms. The molecule has 1 saturated heterocycles. The van der Waals surface area contributed by atoms with Crippen LogP contribution < -0.4 is 10.6 Å². The Morgan fingerprint density at radius 2 is 2.28 bits per heavy atom. The molecule has 1 aromatic rings. The van der Waals surface area contributed by atoms with Gasteiger partial charge < -0.3 is 5.32 Å². The Labute approximate surface area is 109 Å². The molecule has 1 atom stereocenters. The molecule has 2 rings (SSSR count). The lowest BCUT2D eigenvalue weighted by Crippen LogP contribution is -2.33. The third kappa shape index (κ3) is 3.64.